The van der Waals surface area contributed by atoms with Crippen LogP contribution < -0.4 is 10.1 Å². The number of nitrogens with zero attached hydrogens (tertiary/aromatic N) is 2. The number of halogens is 1. The molecule has 9 heteroatoms. The number of hydrogen-bond acceptors (Lipinski definition) is 6. The number of amides is 2. The predicted octanol–water partition coefficient (Wildman–Crippen LogP) is 5.91. The van der Waals surface area contributed by atoms with E-state index in [0.29, 0.717) is 27.4 Å². The zero-order chi connectivity index (χ0) is 26.8. The highest BCUT2D eigenvalue weighted by Crippen LogP contribution is 2.37. The molecule has 1 heterocycles. The molecule has 1 N–H and O–H groups in total. The Bertz CT molecular complexity index is 1620. The first kappa shape index (κ1) is 25.0. The minimum atomic E-state index is -0.913. The van der Waals surface area contributed by atoms with Crippen LogP contribution in [0, 0.1) is 0 Å². The van der Waals surface area contributed by atoms with Gasteiger partial charge in [0.1, 0.15) is 5.75 Å². The maximum absolute atomic E-state index is 12.8. The lowest BCUT2D eigenvalue weighted by atomic mass is 10.0. The van der Waals surface area contributed by atoms with Crippen LogP contribution in [0.25, 0.3) is 10.8 Å². The van der Waals surface area contributed by atoms with E-state index in [1.165, 1.54) is 18.9 Å². The third-order valence-electron chi connectivity index (χ3n) is 5.87. The third kappa shape index (κ3) is 4.94. The molecule has 0 radical (unpaired) electrons. The van der Waals surface area contributed by atoms with E-state index < -0.39 is 12.2 Å². The molecule has 0 saturated heterocycles. The predicted molar refractivity (Wildman–Crippen MR) is 144 cm³/mol. The van der Waals surface area contributed by atoms with Gasteiger partial charge in [0.2, 0.25) is 18.0 Å². The monoisotopic (exact) mass is 527 g/mol. The van der Waals surface area contributed by atoms with E-state index in [2.05, 4.69) is 10.4 Å². The standard InChI is InChI=1S/C29H22ClN3O5/c1-17(34)33-29(20-9-7-10-21(16-20)31-27(36)23-12-5-6-13-24(23)30)38-28(32-33)26-22-11-4-3-8-19(22)14-15-25(26)37-18(2)35/h3-16,29H,1-2H3,(H,31,36). The first-order chi connectivity index (χ1) is 18.3. The van der Waals surface area contributed by atoms with Gasteiger partial charge in [-0.25, -0.2) is 0 Å². The SMILES string of the molecule is CC(=O)Oc1ccc2ccccc2c1C1=NN(C(C)=O)C(c2cccc(NC(=O)c3ccccc3Cl)c2)O1. The van der Waals surface area contributed by atoms with Crippen LogP contribution in [0.5, 0.6) is 5.75 Å². The zero-order valence-corrected chi connectivity index (χ0v) is 21.2. The molecule has 1 aliphatic heterocycles. The largest absolute Gasteiger partial charge is 0.446 e. The molecule has 0 spiro atoms. The van der Waals surface area contributed by atoms with Crippen molar-refractivity contribution in [1.82, 2.24) is 5.01 Å². The van der Waals surface area contributed by atoms with Crippen LogP contribution >= 0.6 is 11.6 Å². The molecular weight excluding hydrogens is 506 g/mol. The molecule has 0 aromatic heterocycles. The van der Waals surface area contributed by atoms with Crippen LogP contribution in [-0.2, 0) is 14.3 Å². The summed E-state index contributed by atoms with van der Waals surface area (Å²) < 4.78 is 11.7. The van der Waals surface area contributed by atoms with Gasteiger partial charge in [0, 0.05) is 25.1 Å². The molecule has 0 saturated carbocycles. The van der Waals surface area contributed by atoms with Gasteiger partial charge in [0.25, 0.3) is 5.91 Å². The van der Waals surface area contributed by atoms with E-state index >= 15 is 0 Å². The second kappa shape index (κ2) is 10.4. The van der Waals surface area contributed by atoms with E-state index in [9.17, 15) is 14.4 Å². The van der Waals surface area contributed by atoms with Crippen molar-refractivity contribution in [2.24, 2.45) is 5.10 Å². The topological polar surface area (TPSA) is 97.3 Å². The number of ether oxygens (including phenoxy) is 2. The Labute approximate surface area is 223 Å². The Morgan fingerprint density at radius 2 is 1.71 bits per heavy atom. The van der Waals surface area contributed by atoms with E-state index in [1.54, 1.807) is 54.6 Å². The summed E-state index contributed by atoms with van der Waals surface area (Å²) >= 11 is 6.16. The molecule has 0 aliphatic carbocycles. The molecule has 2 amide bonds. The van der Waals surface area contributed by atoms with Crippen molar-refractivity contribution in [2.75, 3.05) is 5.32 Å². The molecule has 0 fully saturated rings. The second-order valence-corrected chi connectivity index (χ2v) is 8.96. The number of hydrogen-bond donors (Lipinski definition) is 1. The Hall–Kier alpha value is -4.69. The normalized spacial score (nSPS) is 14.6. The van der Waals surface area contributed by atoms with Crippen molar-refractivity contribution in [3.05, 3.63) is 107 Å². The fourth-order valence-electron chi connectivity index (χ4n) is 4.21. The molecular formula is C29H22ClN3O5. The summed E-state index contributed by atoms with van der Waals surface area (Å²) in [5.41, 5.74) is 1.85. The smallest absolute Gasteiger partial charge is 0.308 e. The number of esters is 1. The Morgan fingerprint density at radius 3 is 2.47 bits per heavy atom. The van der Waals surface area contributed by atoms with Gasteiger partial charge in [0.15, 0.2) is 0 Å². The molecule has 4 aromatic rings. The van der Waals surface area contributed by atoms with Gasteiger partial charge in [0.05, 0.1) is 16.1 Å². The quantitative estimate of drug-likeness (QED) is 0.257. The summed E-state index contributed by atoms with van der Waals surface area (Å²) in [6.45, 7) is 2.69. The van der Waals surface area contributed by atoms with E-state index in [0.717, 1.165) is 10.8 Å². The van der Waals surface area contributed by atoms with Crippen molar-refractivity contribution >= 4 is 51.7 Å². The van der Waals surface area contributed by atoms with Crippen LogP contribution in [0.4, 0.5) is 5.69 Å². The molecule has 1 unspecified atom stereocenters. The molecule has 1 atom stereocenters. The zero-order valence-electron chi connectivity index (χ0n) is 20.5. The Kier molecular flexibility index (Phi) is 6.81. The van der Waals surface area contributed by atoms with Crippen LogP contribution in [0.15, 0.2) is 90.0 Å². The minimum absolute atomic E-state index is 0.128. The minimum Gasteiger partial charge on any atom is -0.446 e. The fourth-order valence-corrected chi connectivity index (χ4v) is 4.43. The number of rotatable bonds is 5. The van der Waals surface area contributed by atoms with E-state index in [-0.39, 0.29) is 23.5 Å². The molecule has 8 nitrogen and oxygen atoms in total. The highest BCUT2D eigenvalue weighted by atomic mass is 35.5. The number of hydrazone groups is 1. The lowest BCUT2D eigenvalue weighted by Crippen LogP contribution is -2.25. The van der Waals surface area contributed by atoms with Crippen molar-refractivity contribution in [3.8, 4) is 5.75 Å². The average Bonchev–Trinajstić information content (AvgIpc) is 3.34. The Morgan fingerprint density at radius 1 is 0.947 bits per heavy atom. The summed E-state index contributed by atoms with van der Waals surface area (Å²) in [5.74, 6) is -0.835. The van der Waals surface area contributed by atoms with Crippen LogP contribution in [-0.4, -0.2) is 28.7 Å². The lowest BCUT2D eigenvalue weighted by molar-refractivity contribution is -0.135. The lowest BCUT2D eigenvalue weighted by Gasteiger charge is -2.20. The number of carbonyl (C=O) groups excluding carboxylic acids is 3. The summed E-state index contributed by atoms with van der Waals surface area (Å²) in [6, 6.07) is 24.7. The van der Waals surface area contributed by atoms with Gasteiger partial charge in [-0.1, -0.05) is 66.2 Å². The second-order valence-electron chi connectivity index (χ2n) is 8.55. The summed E-state index contributed by atoms with van der Waals surface area (Å²) in [6.07, 6.45) is -0.913. The van der Waals surface area contributed by atoms with E-state index in [1.807, 2.05) is 30.3 Å². The van der Waals surface area contributed by atoms with Gasteiger partial charge >= 0.3 is 5.97 Å². The molecule has 5 rings (SSSR count). The summed E-state index contributed by atoms with van der Waals surface area (Å²) in [5, 5.41) is 10.5. The van der Waals surface area contributed by atoms with Crippen molar-refractivity contribution < 1.29 is 23.9 Å². The number of fused-ring (bicyclic) bond motifs is 1. The number of benzene rings is 4. The molecule has 0 bridgehead atoms. The highest BCUT2D eigenvalue weighted by Gasteiger charge is 2.35. The van der Waals surface area contributed by atoms with Crippen LogP contribution in [0.3, 0.4) is 0 Å². The van der Waals surface area contributed by atoms with Crippen molar-refractivity contribution in [3.63, 3.8) is 0 Å². The van der Waals surface area contributed by atoms with Gasteiger partial charge in [-0.2, -0.15) is 5.01 Å². The Balaban J connectivity index is 1.50. The van der Waals surface area contributed by atoms with Gasteiger partial charge in [-0.15, -0.1) is 5.10 Å². The fraction of sp³-hybridized carbons (Fsp3) is 0.103. The number of carbonyl (C=O) groups is 3. The highest BCUT2D eigenvalue weighted by molar-refractivity contribution is 6.34. The van der Waals surface area contributed by atoms with Gasteiger partial charge in [-0.05, 0) is 41.1 Å². The van der Waals surface area contributed by atoms with Crippen molar-refractivity contribution in [2.45, 2.75) is 20.1 Å². The van der Waals surface area contributed by atoms with Crippen LogP contribution in [0.1, 0.15) is 41.6 Å². The maximum Gasteiger partial charge on any atom is 0.308 e. The van der Waals surface area contributed by atoms with Crippen LogP contribution in [0.2, 0.25) is 5.02 Å². The summed E-state index contributed by atoms with van der Waals surface area (Å²) in [4.78, 5) is 37.2. The van der Waals surface area contributed by atoms with E-state index in [4.69, 9.17) is 21.1 Å². The van der Waals surface area contributed by atoms with Crippen molar-refractivity contribution in [1.29, 1.82) is 0 Å². The molecule has 4 aromatic carbocycles. The first-order valence-electron chi connectivity index (χ1n) is 11.7. The summed E-state index contributed by atoms with van der Waals surface area (Å²) in [7, 11) is 0. The third-order valence-corrected chi connectivity index (χ3v) is 6.20. The molecule has 1 aliphatic rings. The molecule has 190 valence electrons. The number of nitrogens with one attached hydrogen (secondary N) is 1. The number of anilines is 1. The van der Waals surface area contributed by atoms with Gasteiger partial charge in [-0.3, -0.25) is 14.4 Å². The first-order valence-corrected chi connectivity index (χ1v) is 12.1. The molecule has 38 heavy (non-hydrogen) atoms. The average molecular weight is 528 g/mol. The van der Waals surface area contributed by atoms with Gasteiger partial charge < -0.3 is 14.8 Å². The maximum atomic E-state index is 12.8.